The molecule has 1 unspecified atom stereocenters. The van der Waals surface area contributed by atoms with Crippen LogP contribution in [0.1, 0.15) is 29.6 Å². The molecule has 0 saturated carbocycles. The third-order valence-electron chi connectivity index (χ3n) is 4.13. The van der Waals surface area contributed by atoms with Crippen molar-refractivity contribution in [3.63, 3.8) is 0 Å². The van der Waals surface area contributed by atoms with Crippen molar-refractivity contribution in [1.82, 2.24) is 20.2 Å². The number of nitrogens with zero attached hydrogens (tertiary/aromatic N) is 3. The zero-order valence-corrected chi connectivity index (χ0v) is 16.3. The van der Waals surface area contributed by atoms with Crippen LogP contribution in [0.4, 0.5) is 13.2 Å². The van der Waals surface area contributed by atoms with Gasteiger partial charge < -0.3 is 20.3 Å². The van der Waals surface area contributed by atoms with Crippen molar-refractivity contribution in [2.45, 2.75) is 38.6 Å². The Labute approximate surface area is 160 Å². The Kier molecular flexibility index (Phi) is 6.88. The molecule has 2 rings (SSSR count). The van der Waals surface area contributed by atoms with E-state index in [4.69, 9.17) is 0 Å². The lowest BCUT2D eigenvalue weighted by Gasteiger charge is -2.30. The predicted octanol–water partition coefficient (Wildman–Crippen LogP) is 2.69. The van der Waals surface area contributed by atoms with Crippen molar-refractivity contribution in [2.24, 2.45) is 12.0 Å². The van der Waals surface area contributed by atoms with Crippen LogP contribution < -0.4 is 10.6 Å². The van der Waals surface area contributed by atoms with Crippen LogP contribution in [0.5, 0.6) is 0 Å². The Morgan fingerprint density at radius 3 is 2.63 bits per heavy atom. The standard InChI is InChI=1S/C17H24F3N5OS/c1-4-21-15(24-11-13-12(2)5-10-27-13)23-7-6-16(26,17(18,19)20)14-22-8-9-25(14)3/h5,8-10,26H,4,6-7,11H2,1-3H3,(H2,21,23,24). The van der Waals surface area contributed by atoms with E-state index in [0.29, 0.717) is 19.0 Å². The highest BCUT2D eigenvalue weighted by Crippen LogP contribution is 2.40. The molecule has 2 aromatic heterocycles. The van der Waals surface area contributed by atoms with Gasteiger partial charge in [-0.3, -0.25) is 0 Å². The summed E-state index contributed by atoms with van der Waals surface area (Å²) in [5.41, 5.74) is -1.92. The van der Waals surface area contributed by atoms with Gasteiger partial charge in [0.2, 0.25) is 5.60 Å². The molecule has 3 N–H and O–H groups in total. The summed E-state index contributed by atoms with van der Waals surface area (Å²) in [5.74, 6) is -0.0392. The van der Waals surface area contributed by atoms with Crippen LogP contribution >= 0.6 is 11.3 Å². The van der Waals surface area contributed by atoms with E-state index in [2.05, 4.69) is 20.6 Å². The normalized spacial score (nSPS) is 14.9. The van der Waals surface area contributed by atoms with Gasteiger partial charge in [0.15, 0.2) is 5.96 Å². The summed E-state index contributed by atoms with van der Waals surface area (Å²) in [6.07, 6.45) is -2.84. The molecule has 0 spiro atoms. The molecule has 1 atom stereocenters. The quantitative estimate of drug-likeness (QED) is 0.491. The number of hydrogen-bond donors (Lipinski definition) is 3. The zero-order valence-electron chi connectivity index (χ0n) is 15.5. The topological polar surface area (TPSA) is 74.5 Å². The van der Waals surface area contributed by atoms with E-state index in [1.54, 1.807) is 11.3 Å². The SMILES string of the molecule is CCNC(=NCc1sccc1C)NCCC(O)(c1nccn1C)C(F)(F)F. The molecule has 0 amide bonds. The van der Waals surface area contributed by atoms with Crippen LogP contribution in [0.2, 0.25) is 0 Å². The second-order valence-corrected chi connectivity index (χ2v) is 7.12. The molecule has 0 aliphatic heterocycles. The lowest BCUT2D eigenvalue weighted by atomic mass is 9.97. The first-order valence-electron chi connectivity index (χ1n) is 8.51. The van der Waals surface area contributed by atoms with Crippen LogP contribution in [0.3, 0.4) is 0 Å². The monoisotopic (exact) mass is 403 g/mol. The zero-order chi connectivity index (χ0) is 20.1. The number of aryl methyl sites for hydroxylation is 2. The first-order chi connectivity index (χ1) is 12.7. The maximum atomic E-state index is 13.5. The number of hydrogen-bond acceptors (Lipinski definition) is 4. The lowest BCUT2D eigenvalue weighted by Crippen LogP contribution is -2.47. The molecule has 0 bridgehead atoms. The number of aromatic nitrogens is 2. The Balaban J connectivity index is 2.07. The molecule has 2 heterocycles. The summed E-state index contributed by atoms with van der Waals surface area (Å²) < 4.78 is 41.7. The van der Waals surface area contributed by atoms with Gasteiger partial charge in [0.1, 0.15) is 5.82 Å². The highest BCUT2D eigenvalue weighted by molar-refractivity contribution is 7.10. The van der Waals surface area contributed by atoms with E-state index >= 15 is 0 Å². The number of halogens is 3. The van der Waals surface area contributed by atoms with Crippen LogP contribution in [-0.2, 0) is 19.2 Å². The minimum atomic E-state index is -4.85. The van der Waals surface area contributed by atoms with Gasteiger partial charge in [-0.1, -0.05) is 0 Å². The third-order valence-corrected chi connectivity index (χ3v) is 5.14. The van der Waals surface area contributed by atoms with Crippen LogP contribution in [0.25, 0.3) is 0 Å². The third kappa shape index (κ3) is 5.01. The number of thiophene rings is 1. The molecular formula is C17H24F3N5OS. The van der Waals surface area contributed by atoms with Crippen molar-refractivity contribution in [2.75, 3.05) is 13.1 Å². The summed E-state index contributed by atoms with van der Waals surface area (Å²) in [4.78, 5) is 9.18. The summed E-state index contributed by atoms with van der Waals surface area (Å²) in [6, 6.07) is 1.99. The minimum absolute atomic E-state index is 0.127. The molecule has 10 heteroatoms. The van der Waals surface area contributed by atoms with Crippen molar-refractivity contribution in [1.29, 1.82) is 0 Å². The first kappa shape index (κ1) is 21.2. The van der Waals surface area contributed by atoms with Gasteiger partial charge in [0, 0.05) is 43.8 Å². The fraction of sp³-hybridized carbons (Fsp3) is 0.529. The highest BCUT2D eigenvalue weighted by atomic mass is 32.1. The average molecular weight is 403 g/mol. The van der Waals surface area contributed by atoms with Crippen molar-refractivity contribution in [3.8, 4) is 0 Å². The van der Waals surface area contributed by atoms with E-state index in [9.17, 15) is 18.3 Å². The minimum Gasteiger partial charge on any atom is -0.374 e. The number of aliphatic hydroxyl groups is 1. The maximum absolute atomic E-state index is 13.5. The predicted molar refractivity (Wildman–Crippen MR) is 99.7 cm³/mol. The van der Waals surface area contributed by atoms with E-state index in [0.717, 1.165) is 10.4 Å². The second kappa shape index (κ2) is 8.75. The first-order valence-corrected chi connectivity index (χ1v) is 9.39. The number of imidazole rings is 1. The fourth-order valence-corrected chi connectivity index (χ4v) is 3.39. The van der Waals surface area contributed by atoms with Gasteiger partial charge >= 0.3 is 6.18 Å². The number of rotatable bonds is 7. The molecule has 27 heavy (non-hydrogen) atoms. The summed E-state index contributed by atoms with van der Waals surface area (Å²) in [7, 11) is 1.42. The smallest absolute Gasteiger partial charge is 0.374 e. The Morgan fingerprint density at radius 2 is 2.11 bits per heavy atom. The van der Waals surface area contributed by atoms with Gasteiger partial charge in [-0.2, -0.15) is 13.2 Å². The van der Waals surface area contributed by atoms with Crippen LogP contribution in [0.15, 0.2) is 28.8 Å². The molecule has 6 nitrogen and oxygen atoms in total. The molecule has 2 aromatic rings. The summed E-state index contributed by atoms with van der Waals surface area (Å²) in [5, 5.41) is 18.2. The number of nitrogens with one attached hydrogen (secondary N) is 2. The van der Waals surface area contributed by atoms with E-state index in [1.807, 2.05) is 25.3 Å². The average Bonchev–Trinajstić information content (AvgIpc) is 3.19. The van der Waals surface area contributed by atoms with E-state index in [-0.39, 0.29) is 6.54 Å². The molecule has 0 saturated heterocycles. The van der Waals surface area contributed by atoms with Gasteiger partial charge in [-0.15, -0.1) is 11.3 Å². The second-order valence-electron chi connectivity index (χ2n) is 6.12. The molecule has 0 fully saturated rings. The van der Waals surface area contributed by atoms with Crippen molar-refractivity contribution >= 4 is 17.3 Å². The summed E-state index contributed by atoms with van der Waals surface area (Å²) in [6.45, 7) is 4.73. The number of alkyl halides is 3. The van der Waals surface area contributed by atoms with Gasteiger partial charge in [-0.05, 0) is 30.9 Å². The fourth-order valence-electron chi connectivity index (χ4n) is 2.56. The molecule has 150 valence electrons. The van der Waals surface area contributed by atoms with Crippen molar-refractivity contribution < 1.29 is 18.3 Å². The largest absolute Gasteiger partial charge is 0.424 e. The molecule has 0 aliphatic carbocycles. The van der Waals surface area contributed by atoms with E-state index < -0.39 is 24.0 Å². The Hall–Kier alpha value is -2.07. The Morgan fingerprint density at radius 1 is 1.37 bits per heavy atom. The van der Waals surface area contributed by atoms with E-state index in [1.165, 1.54) is 24.0 Å². The Bertz CT molecular complexity index is 771. The highest BCUT2D eigenvalue weighted by Gasteiger charge is 2.57. The van der Waals surface area contributed by atoms with Crippen molar-refractivity contribution in [3.05, 3.63) is 40.1 Å². The van der Waals surface area contributed by atoms with Gasteiger partial charge in [0.05, 0.1) is 6.54 Å². The van der Waals surface area contributed by atoms with Gasteiger partial charge in [0.25, 0.3) is 0 Å². The van der Waals surface area contributed by atoms with Crippen LogP contribution in [0, 0.1) is 6.92 Å². The molecule has 0 aliphatic rings. The number of aliphatic imine (C=N–C) groups is 1. The molecule has 0 radical (unpaired) electrons. The number of guanidine groups is 1. The maximum Gasteiger partial charge on any atom is 0.424 e. The van der Waals surface area contributed by atoms with Crippen LogP contribution in [-0.4, -0.2) is 39.9 Å². The summed E-state index contributed by atoms with van der Waals surface area (Å²) >= 11 is 1.58. The molecular weight excluding hydrogens is 379 g/mol. The van der Waals surface area contributed by atoms with Gasteiger partial charge in [-0.25, -0.2) is 9.98 Å². The molecule has 0 aromatic carbocycles. The lowest BCUT2D eigenvalue weighted by molar-refractivity contribution is -0.272.